The lowest BCUT2D eigenvalue weighted by Gasteiger charge is -2.15. The van der Waals surface area contributed by atoms with E-state index in [4.69, 9.17) is 14.6 Å². The Morgan fingerprint density at radius 3 is 2.73 bits per heavy atom. The van der Waals surface area contributed by atoms with Crippen molar-refractivity contribution in [2.24, 2.45) is 0 Å². The Kier molecular flexibility index (Phi) is 5.40. The average molecular weight is 323 g/mol. The smallest absolute Gasteiger partial charge is 0.313 e. The molecule has 0 saturated heterocycles. The number of aromatic nitrogens is 3. The van der Waals surface area contributed by atoms with Crippen LogP contribution < -0.4 is 4.74 Å². The van der Waals surface area contributed by atoms with Gasteiger partial charge in [0.05, 0.1) is 18.6 Å². The molecule has 0 unspecified atom stereocenters. The molecule has 1 aromatic carbocycles. The monoisotopic (exact) mass is 323 g/mol. The maximum absolute atomic E-state index is 10.8. The third-order valence-corrected chi connectivity index (χ3v) is 3.94. The quantitative estimate of drug-likeness (QED) is 0.781. The molecule has 22 heavy (non-hydrogen) atoms. The van der Waals surface area contributed by atoms with Gasteiger partial charge in [-0.25, -0.2) is 0 Å². The largest absolute Gasteiger partial charge is 0.495 e. The summed E-state index contributed by atoms with van der Waals surface area (Å²) < 4.78 is 12.5. The summed E-state index contributed by atoms with van der Waals surface area (Å²) in [4.78, 5) is 10.8. The van der Waals surface area contributed by atoms with Gasteiger partial charge in [0.2, 0.25) is 0 Å². The van der Waals surface area contributed by atoms with Gasteiger partial charge >= 0.3 is 5.97 Å². The van der Waals surface area contributed by atoms with Crippen molar-refractivity contribution in [1.29, 1.82) is 0 Å². The Hall–Kier alpha value is -2.06. The summed E-state index contributed by atoms with van der Waals surface area (Å²) in [5.41, 5.74) is 0.738. The number of para-hydroxylation sites is 2. The summed E-state index contributed by atoms with van der Waals surface area (Å²) in [7, 11) is 3.16. The van der Waals surface area contributed by atoms with E-state index >= 15 is 0 Å². The fourth-order valence-corrected chi connectivity index (χ4v) is 2.58. The van der Waals surface area contributed by atoms with Crippen LogP contribution in [0.3, 0.4) is 0 Å². The van der Waals surface area contributed by atoms with Crippen molar-refractivity contribution in [1.82, 2.24) is 14.8 Å². The summed E-state index contributed by atoms with van der Waals surface area (Å²) in [5, 5.41) is 17.6. The molecule has 1 aromatic heterocycles. The van der Waals surface area contributed by atoms with E-state index in [9.17, 15) is 4.79 Å². The van der Waals surface area contributed by atoms with Gasteiger partial charge in [-0.3, -0.25) is 9.36 Å². The van der Waals surface area contributed by atoms with E-state index in [1.807, 2.05) is 31.2 Å². The summed E-state index contributed by atoms with van der Waals surface area (Å²) in [6, 6.07) is 7.40. The van der Waals surface area contributed by atoms with Gasteiger partial charge in [-0.15, -0.1) is 10.2 Å². The van der Waals surface area contributed by atoms with Crippen molar-refractivity contribution in [2.45, 2.75) is 18.2 Å². The van der Waals surface area contributed by atoms with Gasteiger partial charge < -0.3 is 14.6 Å². The number of ether oxygens (including phenoxy) is 2. The maximum Gasteiger partial charge on any atom is 0.313 e. The van der Waals surface area contributed by atoms with E-state index in [1.54, 1.807) is 18.8 Å². The summed E-state index contributed by atoms with van der Waals surface area (Å²) in [6.45, 7) is 1.85. The first-order chi connectivity index (χ1) is 10.6. The van der Waals surface area contributed by atoms with Crippen LogP contribution in [-0.4, -0.2) is 45.8 Å². The average Bonchev–Trinajstić information content (AvgIpc) is 2.95. The lowest BCUT2D eigenvalue weighted by Crippen LogP contribution is -2.09. The minimum absolute atomic E-state index is 0.103. The third-order valence-electron chi connectivity index (χ3n) is 3.03. The number of carboxylic acid groups (broad SMARTS) is 1. The summed E-state index contributed by atoms with van der Waals surface area (Å²) in [6.07, 6.45) is -0.295. The number of carbonyl (C=O) groups is 1. The molecule has 118 valence electrons. The van der Waals surface area contributed by atoms with Crippen LogP contribution in [0.15, 0.2) is 29.4 Å². The molecule has 0 aliphatic heterocycles. The van der Waals surface area contributed by atoms with Crippen LogP contribution >= 0.6 is 11.8 Å². The van der Waals surface area contributed by atoms with Crippen LogP contribution in [0.5, 0.6) is 5.75 Å². The second-order valence-electron chi connectivity index (χ2n) is 4.41. The van der Waals surface area contributed by atoms with Crippen LogP contribution in [0.2, 0.25) is 0 Å². The molecule has 2 aromatic rings. The van der Waals surface area contributed by atoms with E-state index in [-0.39, 0.29) is 11.9 Å². The van der Waals surface area contributed by atoms with E-state index in [0.29, 0.717) is 16.7 Å². The Balaban J connectivity index is 2.53. The molecule has 1 N–H and O–H groups in total. The first-order valence-electron chi connectivity index (χ1n) is 6.54. The highest BCUT2D eigenvalue weighted by Crippen LogP contribution is 2.31. The van der Waals surface area contributed by atoms with Crippen molar-refractivity contribution in [3.05, 3.63) is 30.1 Å². The molecule has 0 aliphatic rings. The number of aliphatic carboxylic acids is 1. The number of carboxylic acids is 1. The highest BCUT2D eigenvalue weighted by atomic mass is 32.2. The molecule has 0 fully saturated rings. The minimum Gasteiger partial charge on any atom is -0.495 e. The SMILES string of the molecule is COc1ccccc1-n1c(SCC(=O)O)nnc1[C@@H](C)OC. The molecule has 0 spiro atoms. The standard InChI is InChI=1S/C14H17N3O4S/c1-9(20-2)13-15-16-14(22-8-12(18)19)17(13)10-6-4-5-7-11(10)21-3/h4-7,9H,8H2,1-3H3,(H,18,19)/t9-/m1/s1. The second-order valence-corrected chi connectivity index (χ2v) is 5.35. The molecular formula is C14H17N3O4S. The van der Waals surface area contributed by atoms with Gasteiger partial charge in [-0.2, -0.15) is 0 Å². The first-order valence-corrected chi connectivity index (χ1v) is 7.53. The fraction of sp³-hybridized carbons (Fsp3) is 0.357. The highest BCUT2D eigenvalue weighted by Gasteiger charge is 2.21. The Morgan fingerprint density at radius 2 is 2.09 bits per heavy atom. The number of hydrogen-bond donors (Lipinski definition) is 1. The highest BCUT2D eigenvalue weighted by molar-refractivity contribution is 7.99. The lowest BCUT2D eigenvalue weighted by atomic mass is 10.2. The van der Waals surface area contributed by atoms with Crippen LogP contribution in [0.4, 0.5) is 0 Å². The van der Waals surface area contributed by atoms with E-state index < -0.39 is 5.97 Å². The molecule has 0 aliphatic carbocycles. The van der Waals surface area contributed by atoms with E-state index in [2.05, 4.69) is 10.2 Å². The Bertz CT molecular complexity index is 659. The van der Waals surface area contributed by atoms with Crippen LogP contribution in [0.25, 0.3) is 5.69 Å². The van der Waals surface area contributed by atoms with Gasteiger partial charge in [-0.1, -0.05) is 23.9 Å². The van der Waals surface area contributed by atoms with E-state index in [0.717, 1.165) is 17.4 Å². The van der Waals surface area contributed by atoms with Crippen molar-refractivity contribution in [3.63, 3.8) is 0 Å². The van der Waals surface area contributed by atoms with Gasteiger partial charge in [0.15, 0.2) is 11.0 Å². The maximum atomic E-state index is 10.8. The third kappa shape index (κ3) is 3.40. The molecule has 1 heterocycles. The summed E-state index contributed by atoms with van der Waals surface area (Å²) in [5.74, 6) is 0.207. The molecule has 0 saturated carbocycles. The first kappa shape index (κ1) is 16.3. The Labute approximate surface area is 132 Å². The number of thioether (sulfide) groups is 1. The number of rotatable bonds is 7. The normalized spacial score (nSPS) is 12.1. The van der Waals surface area contributed by atoms with Crippen molar-refractivity contribution >= 4 is 17.7 Å². The van der Waals surface area contributed by atoms with Gasteiger partial charge in [0, 0.05) is 7.11 Å². The zero-order valence-electron chi connectivity index (χ0n) is 12.5. The van der Waals surface area contributed by atoms with Gasteiger partial charge in [0.1, 0.15) is 11.9 Å². The predicted octanol–water partition coefficient (Wildman–Crippen LogP) is 2.16. The zero-order chi connectivity index (χ0) is 16.1. The zero-order valence-corrected chi connectivity index (χ0v) is 13.3. The predicted molar refractivity (Wildman–Crippen MR) is 81.7 cm³/mol. The van der Waals surface area contributed by atoms with Crippen molar-refractivity contribution in [2.75, 3.05) is 20.0 Å². The number of nitrogens with zero attached hydrogens (tertiary/aromatic N) is 3. The molecule has 0 bridgehead atoms. The van der Waals surface area contributed by atoms with Gasteiger partial charge in [0.25, 0.3) is 0 Å². The van der Waals surface area contributed by atoms with Crippen molar-refractivity contribution < 1.29 is 19.4 Å². The fourth-order valence-electron chi connectivity index (χ4n) is 1.91. The van der Waals surface area contributed by atoms with Crippen LogP contribution in [0, 0.1) is 0 Å². The van der Waals surface area contributed by atoms with Gasteiger partial charge in [-0.05, 0) is 19.1 Å². The number of methoxy groups -OCH3 is 2. The summed E-state index contributed by atoms with van der Waals surface area (Å²) >= 11 is 1.10. The lowest BCUT2D eigenvalue weighted by molar-refractivity contribution is -0.133. The van der Waals surface area contributed by atoms with Crippen molar-refractivity contribution in [3.8, 4) is 11.4 Å². The topological polar surface area (TPSA) is 86.5 Å². The number of benzene rings is 1. The molecule has 2 rings (SSSR count). The molecule has 0 amide bonds. The van der Waals surface area contributed by atoms with E-state index in [1.165, 1.54) is 0 Å². The molecular weight excluding hydrogens is 306 g/mol. The molecule has 1 atom stereocenters. The minimum atomic E-state index is -0.916. The number of hydrogen-bond acceptors (Lipinski definition) is 6. The molecule has 8 heteroatoms. The molecule has 7 nitrogen and oxygen atoms in total. The second kappa shape index (κ2) is 7.28. The molecule has 0 radical (unpaired) electrons. The Morgan fingerprint density at radius 1 is 1.36 bits per heavy atom. The van der Waals surface area contributed by atoms with Crippen LogP contribution in [-0.2, 0) is 9.53 Å². The van der Waals surface area contributed by atoms with Crippen LogP contribution in [0.1, 0.15) is 18.9 Å².